The Hall–Kier alpha value is -2.79. The standard InChI is InChI=1S/C22H22ClN3O2/c1-15-20(25-22(28-15)17-5-3-2-4-6-17)21(27)24-13-16-11-12-26(14-16)19-9-7-18(23)8-10-19/h2-10,16H,11-14H2,1H3,(H,24,27). The summed E-state index contributed by atoms with van der Waals surface area (Å²) in [6.45, 7) is 4.28. The summed E-state index contributed by atoms with van der Waals surface area (Å²) in [5, 5.41) is 3.76. The summed E-state index contributed by atoms with van der Waals surface area (Å²) in [5.74, 6) is 1.22. The Labute approximate surface area is 169 Å². The van der Waals surface area contributed by atoms with Gasteiger partial charge in [-0.25, -0.2) is 4.98 Å². The SMILES string of the molecule is Cc1oc(-c2ccccc2)nc1C(=O)NCC1CCN(c2ccc(Cl)cc2)C1. The molecule has 1 aliphatic heterocycles. The lowest BCUT2D eigenvalue weighted by molar-refractivity contribution is 0.0942. The Morgan fingerprint density at radius 1 is 1.21 bits per heavy atom. The highest BCUT2D eigenvalue weighted by Crippen LogP contribution is 2.25. The van der Waals surface area contributed by atoms with Gasteiger partial charge in [0.15, 0.2) is 5.69 Å². The van der Waals surface area contributed by atoms with Gasteiger partial charge in [0, 0.05) is 35.9 Å². The molecule has 6 heteroatoms. The number of rotatable bonds is 5. The molecule has 0 aliphatic carbocycles. The van der Waals surface area contributed by atoms with Gasteiger partial charge >= 0.3 is 0 Å². The summed E-state index contributed by atoms with van der Waals surface area (Å²) in [6.07, 6.45) is 1.04. The number of carbonyl (C=O) groups excluding carboxylic acids is 1. The van der Waals surface area contributed by atoms with Gasteiger partial charge in [0.05, 0.1) is 0 Å². The van der Waals surface area contributed by atoms with E-state index in [2.05, 4.69) is 15.2 Å². The first kappa shape index (κ1) is 18.6. The first-order chi connectivity index (χ1) is 13.6. The number of benzene rings is 2. The second kappa shape index (κ2) is 8.07. The molecular weight excluding hydrogens is 374 g/mol. The van der Waals surface area contributed by atoms with E-state index in [4.69, 9.17) is 16.0 Å². The van der Waals surface area contributed by atoms with E-state index in [1.807, 2.05) is 54.6 Å². The van der Waals surface area contributed by atoms with E-state index in [1.54, 1.807) is 6.92 Å². The Kier molecular flexibility index (Phi) is 5.35. The van der Waals surface area contributed by atoms with E-state index in [0.29, 0.717) is 29.8 Å². The van der Waals surface area contributed by atoms with Crippen LogP contribution in [0.25, 0.3) is 11.5 Å². The molecule has 2 heterocycles. The Morgan fingerprint density at radius 2 is 1.96 bits per heavy atom. The van der Waals surface area contributed by atoms with Gasteiger partial charge in [-0.2, -0.15) is 0 Å². The molecule has 144 valence electrons. The van der Waals surface area contributed by atoms with E-state index in [9.17, 15) is 4.79 Å². The molecular formula is C22H22ClN3O2. The number of hydrogen-bond donors (Lipinski definition) is 1. The van der Waals surface area contributed by atoms with Crippen molar-refractivity contribution in [1.29, 1.82) is 0 Å². The normalized spacial score (nSPS) is 16.4. The zero-order valence-electron chi connectivity index (χ0n) is 15.7. The molecule has 1 N–H and O–H groups in total. The molecule has 1 aromatic heterocycles. The second-order valence-electron chi connectivity index (χ2n) is 7.08. The zero-order chi connectivity index (χ0) is 19.5. The van der Waals surface area contributed by atoms with E-state index in [1.165, 1.54) is 0 Å². The number of anilines is 1. The van der Waals surface area contributed by atoms with Gasteiger partial charge in [0.25, 0.3) is 5.91 Å². The average molecular weight is 396 g/mol. The number of hydrogen-bond acceptors (Lipinski definition) is 4. The van der Waals surface area contributed by atoms with Crippen LogP contribution in [0.1, 0.15) is 22.7 Å². The molecule has 2 aromatic carbocycles. The van der Waals surface area contributed by atoms with Crippen LogP contribution in [0.5, 0.6) is 0 Å². The van der Waals surface area contributed by atoms with Crippen molar-refractivity contribution in [2.75, 3.05) is 24.5 Å². The smallest absolute Gasteiger partial charge is 0.273 e. The number of halogens is 1. The lowest BCUT2D eigenvalue weighted by Gasteiger charge is -2.18. The molecule has 5 nitrogen and oxygen atoms in total. The highest BCUT2D eigenvalue weighted by Gasteiger charge is 2.24. The molecule has 0 saturated carbocycles. The van der Waals surface area contributed by atoms with Gasteiger partial charge in [-0.05, 0) is 55.7 Å². The van der Waals surface area contributed by atoms with Gasteiger partial charge in [-0.1, -0.05) is 29.8 Å². The van der Waals surface area contributed by atoms with Crippen molar-refractivity contribution in [2.24, 2.45) is 5.92 Å². The molecule has 1 atom stereocenters. The third-order valence-electron chi connectivity index (χ3n) is 5.06. The molecule has 1 aliphatic rings. The lowest BCUT2D eigenvalue weighted by atomic mass is 10.1. The second-order valence-corrected chi connectivity index (χ2v) is 7.51. The van der Waals surface area contributed by atoms with E-state index in [0.717, 1.165) is 35.8 Å². The molecule has 1 unspecified atom stereocenters. The first-order valence-corrected chi connectivity index (χ1v) is 9.79. The molecule has 0 bridgehead atoms. The van der Waals surface area contributed by atoms with E-state index < -0.39 is 0 Å². The van der Waals surface area contributed by atoms with Crippen LogP contribution in [0.15, 0.2) is 59.0 Å². The van der Waals surface area contributed by atoms with Crippen LogP contribution in [-0.2, 0) is 0 Å². The maximum Gasteiger partial charge on any atom is 0.273 e. The number of aromatic nitrogens is 1. The third kappa shape index (κ3) is 4.04. The molecule has 1 saturated heterocycles. The Balaban J connectivity index is 1.35. The molecule has 3 aromatic rings. The third-order valence-corrected chi connectivity index (χ3v) is 5.31. The minimum atomic E-state index is -0.187. The fraction of sp³-hybridized carbons (Fsp3) is 0.273. The minimum Gasteiger partial charge on any atom is -0.441 e. The number of nitrogens with one attached hydrogen (secondary N) is 1. The fourth-order valence-electron chi connectivity index (χ4n) is 3.52. The van der Waals surface area contributed by atoms with Crippen molar-refractivity contribution in [3.63, 3.8) is 0 Å². The van der Waals surface area contributed by atoms with Crippen molar-refractivity contribution in [2.45, 2.75) is 13.3 Å². The summed E-state index contributed by atoms with van der Waals surface area (Å²) in [4.78, 5) is 19.3. The topological polar surface area (TPSA) is 58.4 Å². The van der Waals surface area contributed by atoms with Crippen LogP contribution in [0.2, 0.25) is 5.02 Å². The molecule has 4 rings (SSSR count). The van der Waals surface area contributed by atoms with Gasteiger partial charge in [0.1, 0.15) is 5.76 Å². The van der Waals surface area contributed by atoms with Gasteiger partial charge in [-0.15, -0.1) is 0 Å². The number of aryl methyl sites for hydroxylation is 1. The van der Waals surface area contributed by atoms with E-state index >= 15 is 0 Å². The quantitative estimate of drug-likeness (QED) is 0.688. The zero-order valence-corrected chi connectivity index (χ0v) is 16.4. The summed E-state index contributed by atoms with van der Waals surface area (Å²) < 4.78 is 5.69. The lowest BCUT2D eigenvalue weighted by Crippen LogP contribution is -2.31. The van der Waals surface area contributed by atoms with Gasteiger partial charge in [0.2, 0.25) is 5.89 Å². The van der Waals surface area contributed by atoms with Crippen LogP contribution in [0.3, 0.4) is 0 Å². The molecule has 0 spiro atoms. The fourth-order valence-corrected chi connectivity index (χ4v) is 3.64. The molecule has 28 heavy (non-hydrogen) atoms. The van der Waals surface area contributed by atoms with Crippen LogP contribution in [0, 0.1) is 12.8 Å². The maximum atomic E-state index is 12.6. The van der Waals surface area contributed by atoms with Crippen LogP contribution in [-0.4, -0.2) is 30.5 Å². The number of amides is 1. The maximum absolute atomic E-state index is 12.6. The van der Waals surface area contributed by atoms with Crippen molar-refractivity contribution in [3.05, 3.63) is 71.1 Å². The van der Waals surface area contributed by atoms with Crippen molar-refractivity contribution >= 4 is 23.2 Å². The Morgan fingerprint density at radius 3 is 2.71 bits per heavy atom. The van der Waals surface area contributed by atoms with E-state index in [-0.39, 0.29) is 5.91 Å². The summed E-state index contributed by atoms with van der Waals surface area (Å²) in [6, 6.07) is 17.5. The highest BCUT2D eigenvalue weighted by atomic mass is 35.5. The molecule has 0 radical (unpaired) electrons. The minimum absolute atomic E-state index is 0.187. The summed E-state index contributed by atoms with van der Waals surface area (Å²) >= 11 is 5.96. The molecule has 1 amide bonds. The summed E-state index contributed by atoms with van der Waals surface area (Å²) in [7, 11) is 0. The van der Waals surface area contributed by atoms with Crippen molar-refractivity contribution in [1.82, 2.24) is 10.3 Å². The van der Waals surface area contributed by atoms with Gasteiger partial charge in [-0.3, -0.25) is 4.79 Å². The number of carbonyl (C=O) groups is 1. The average Bonchev–Trinajstić information content (AvgIpc) is 3.34. The largest absolute Gasteiger partial charge is 0.441 e. The first-order valence-electron chi connectivity index (χ1n) is 9.41. The predicted molar refractivity (Wildman–Crippen MR) is 111 cm³/mol. The van der Waals surface area contributed by atoms with Crippen molar-refractivity contribution in [3.8, 4) is 11.5 Å². The van der Waals surface area contributed by atoms with Crippen LogP contribution in [0.4, 0.5) is 5.69 Å². The van der Waals surface area contributed by atoms with Crippen LogP contribution < -0.4 is 10.2 Å². The number of oxazole rings is 1. The van der Waals surface area contributed by atoms with Gasteiger partial charge < -0.3 is 14.6 Å². The summed E-state index contributed by atoms with van der Waals surface area (Å²) in [5.41, 5.74) is 2.38. The monoisotopic (exact) mass is 395 g/mol. The number of nitrogens with zero attached hydrogens (tertiary/aromatic N) is 2. The predicted octanol–water partition coefficient (Wildman–Crippen LogP) is 4.56. The highest BCUT2D eigenvalue weighted by molar-refractivity contribution is 6.30. The van der Waals surface area contributed by atoms with Crippen LogP contribution >= 0.6 is 11.6 Å². The molecule has 1 fully saturated rings. The van der Waals surface area contributed by atoms with Crippen molar-refractivity contribution < 1.29 is 9.21 Å². The Bertz CT molecular complexity index is 954.